The molecule has 0 aliphatic heterocycles. The van der Waals surface area contributed by atoms with Crippen molar-refractivity contribution in [2.75, 3.05) is 26.9 Å². The summed E-state index contributed by atoms with van der Waals surface area (Å²) in [5.41, 5.74) is -6.87. The van der Waals surface area contributed by atoms with E-state index in [0.29, 0.717) is 0 Å². The molecule has 46 heavy (non-hydrogen) atoms. The van der Waals surface area contributed by atoms with Crippen molar-refractivity contribution < 1.29 is 51.6 Å². The number of alkyl halides is 3. The van der Waals surface area contributed by atoms with Crippen LogP contribution in [0, 0.1) is 5.82 Å². The number of rotatable bonds is 11. The highest BCUT2D eigenvalue weighted by atomic mass is 19.4. The van der Waals surface area contributed by atoms with Crippen LogP contribution < -0.4 is 20.1 Å². The number of benzene rings is 1. The maximum atomic E-state index is 14.7. The van der Waals surface area contributed by atoms with Crippen LogP contribution in [-0.2, 0) is 15.9 Å². The number of hydrogen-bond donors (Lipinski definition) is 4. The third kappa shape index (κ3) is 8.81. The van der Waals surface area contributed by atoms with E-state index in [0.717, 1.165) is 30.5 Å². The SMILES string of the molecule is COc1cc(C(=O)NCC(O)(c2cc(C(C)(C)NC(=O)OC(C)(C)C)cc(-c3ccc(F)cc3)n2)C(F)(F)F)cnc1OCCO. The zero-order chi connectivity index (χ0) is 34.5. The lowest BCUT2D eigenvalue weighted by molar-refractivity contribution is -0.265. The molecule has 0 spiro atoms. The lowest BCUT2D eigenvalue weighted by Crippen LogP contribution is -2.52. The monoisotopic (exact) mass is 652 g/mol. The lowest BCUT2D eigenvalue weighted by atomic mass is 9.88. The number of alkyl carbamates (subject to hydrolysis) is 1. The van der Waals surface area contributed by atoms with E-state index in [1.165, 1.54) is 39.2 Å². The van der Waals surface area contributed by atoms with Gasteiger partial charge in [-0.25, -0.2) is 19.2 Å². The molecule has 4 N–H and O–H groups in total. The van der Waals surface area contributed by atoms with Crippen LogP contribution >= 0.6 is 0 Å². The standard InChI is InChI=1S/C31H36F4N4O7/c1-28(2,3)46-27(42)39-29(4,5)20-14-22(18-7-9-21(32)10-8-18)38-24(15-20)30(43,31(33,34)35)17-37-25(41)19-13-23(44-6)26(36-16-19)45-12-11-40/h7-10,13-16,40,43H,11-12,17H2,1-6H3,(H,37,41)(H,39,42). The van der Waals surface area contributed by atoms with Gasteiger partial charge in [0, 0.05) is 17.8 Å². The summed E-state index contributed by atoms with van der Waals surface area (Å²) in [4.78, 5) is 33.5. The number of nitrogens with zero attached hydrogens (tertiary/aromatic N) is 2. The van der Waals surface area contributed by atoms with Crippen molar-refractivity contribution in [3.05, 3.63) is 71.3 Å². The summed E-state index contributed by atoms with van der Waals surface area (Å²) in [6, 6.07) is 8.28. The molecule has 0 fully saturated rings. The van der Waals surface area contributed by atoms with E-state index < -0.39 is 53.0 Å². The highest BCUT2D eigenvalue weighted by molar-refractivity contribution is 5.94. The van der Waals surface area contributed by atoms with Crippen LogP contribution in [0.5, 0.6) is 11.6 Å². The first-order chi connectivity index (χ1) is 21.3. The van der Waals surface area contributed by atoms with E-state index in [1.54, 1.807) is 20.8 Å². The van der Waals surface area contributed by atoms with Crippen LogP contribution in [0.15, 0.2) is 48.7 Å². The normalized spacial score (nSPS) is 13.4. The number of carbonyl (C=O) groups is 2. The fraction of sp³-hybridized carbons (Fsp3) is 0.419. The number of pyridine rings is 2. The van der Waals surface area contributed by atoms with E-state index in [4.69, 9.17) is 19.3 Å². The molecule has 0 bridgehead atoms. The van der Waals surface area contributed by atoms with Crippen LogP contribution in [0.2, 0.25) is 0 Å². The minimum absolute atomic E-state index is 0.0230. The summed E-state index contributed by atoms with van der Waals surface area (Å²) < 4.78 is 73.4. The number of amides is 2. The number of aliphatic hydroxyl groups is 2. The molecule has 0 saturated heterocycles. The molecule has 11 nitrogen and oxygen atoms in total. The quantitative estimate of drug-likeness (QED) is 0.218. The van der Waals surface area contributed by atoms with E-state index in [2.05, 4.69) is 20.6 Å². The van der Waals surface area contributed by atoms with Crippen molar-refractivity contribution in [3.63, 3.8) is 0 Å². The van der Waals surface area contributed by atoms with E-state index in [9.17, 15) is 32.3 Å². The molecule has 1 aromatic carbocycles. The van der Waals surface area contributed by atoms with Crippen molar-refractivity contribution in [2.24, 2.45) is 0 Å². The Morgan fingerprint density at radius 2 is 1.65 bits per heavy atom. The van der Waals surface area contributed by atoms with Gasteiger partial charge in [-0.1, -0.05) is 0 Å². The van der Waals surface area contributed by atoms with Gasteiger partial charge in [0.25, 0.3) is 11.8 Å². The van der Waals surface area contributed by atoms with Gasteiger partial charge in [0.05, 0.1) is 42.8 Å². The molecule has 15 heteroatoms. The lowest BCUT2D eigenvalue weighted by Gasteiger charge is -2.33. The molecule has 0 aliphatic rings. The second kappa shape index (κ2) is 13.9. The maximum Gasteiger partial charge on any atom is 0.424 e. The molecule has 1 unspecified atom stereocenters. The molecule has 1 atom stereocenters. The van der Waals surface area contributed by atoms with Gasteiger partial charge in [0.2, 0.25) is 5.60 Å². The zero-order valence-electron chi connectivity index (χ0n) is 26.1. The molecule has 2 aromatic heterocycles. The van der Waals surface area contributed by atoms with Crippen molar-refractivity contribution in [1.82, 2.24) is 20.6 Å². The number of aromatic nitrogens is 2. The van der Waals surface area contributed by atoms with Gasteiger partial charge in [-0.3, -0.25) is 4.79 Å². The Morgan fingerprint density at radius 3 is 2.22 bits per heavy atom. The number of nitrogens with one attached hydrogen (secondary N) is 2. The van der Waals surface area contributed by atoms with Gasteiger partial charge >= 0.3 is 12.3 Å². The molecule has 0 aliphatic carbocycles. The number of aliphatic hydroxyl groups excluding tert-OH is 1. The summed E-state index contributed by atoms with van der Waals surface area (Å²) in [5.74, 6) is -1.72. The largest absolute Gasteiger partial charge is 0.491 e. The first-order valence-corrected chi connectivity index (χ1v) is 13.9. The Bertz CT molecular complexity index is 1540. The highest BCUT2D eigenvalue weighted by Crippen LogP contribution is 2.40. The molecule has 250 valence electrons. The number of carbonyl (C=O) groups excluding carboxylic acids is 2. The summed E-state index contributed by atoms with van der Waals surface area (Å²) in [5, 5.41) is 24.9. The van der Waals surface area contributed by atoms with Crippen molar-refractivity contribution in [3.8, 4) is 22.9 Å². The molecule has 0 radical (unpaired) electrons. The number of ether oxygens (including phenoxy) is 3. The third-order valence-corrected chi connectivity index (χ3v) is 6.53. The molecule has 2 amide bonds. The first kappa shape index (κ1) is 36.0. The van der Waals surface area contributed by atoms with Crippen molar-refractivity contribution >= 4 is 12.0 Å². The predicted molar refractivity (Wildman–Crippen MR) is 158 cm³/mol. The molecule has 2 heterocycles. The zero-order valence-corrected chi connectivity index (χ0v) is 26.1. The summed E-state index contributed by atoms with van der Waals surface area (Å²) in [7, 11) is 1.25. The number of halogens is 4. The van der Waals surface area contributed by atoms with Crippen LogP contribution in [0.4, 0.5) is 22.4 Å². The Kier molecular flexibility index (Phi) is 10.8. The van der Waals surface area contributed by atoms with E-state index in [-0.39, 0.29) is 47.2 Å². The summed E-state index contributed by atoms with van der Waals surface area (Å²) in [6.45, 7) is 6.11. The fourth-order valence-corrected chi connectivity index (χ4v) is 4.10. The summed E-state index contributed by atoms with van der Waals surface area (Å²) >= 11 is 0. The van der Waals surface area contributed by atoms with E-state index in [1.807, 2.05) is 0 Å². The molecular weight excluding hydrogens is 616 g/mol. The average Bonchev–Trinajstić information content (AvgIpc) is 2.96. The van der Waals surface area contributed by atoms with Gasteiger partial charge in [0.15, 0.2) is 5.75 Å². The maximum absolute atomic E-state index is 14.7. The van der Waals surface area contributed by atoms with Crippen LogP contribution in [0.3, 0.4) is 0 Å². The fourth-order valence-electron chi connectivity index (χ4n) is 4.10. The van der Waals surface area contributed by atoms with Crippen molar-refractivity contribution in [2.45, 2.75) is 57.5 Å². The second-order valence-electron chi connectivity index (χ2n) is 11.7. The van der Waals surface area contributed by atoms with Gasteiger partial charge < -0.3 is 35.1 Å². The van der Waals surface area contributed by atoms with Crippen LogP contribution in [-0.4, -0.2) is 70.8 Å². The van der Waals surface area contributed by atoms with Gasteiger partial charge in [-0.2, -0.15) is 13.2 Å². The average molecular weight is 653 g/mol. The molecular formula is C31H36F4N4O7. The van der Waals surface area contributed by atoms with E-state index >= 15 is 0 Å². The first-order valence-electron chi connectivity index (χ1n) is 13.9. The number of methoxy groups -OCH3 is 1. The van der Waals surface area contributed by atoms with Crippen LogP contribution in [0.25, 0.3) is 11.3 Å². The van der Waals surface area contributed by atoms with Gasteiger partial charge in [-0.15, -0.1) is 0 Å². The minimum Gasteiger partial charge on any atom is -0.491 e. The predicted octanol–water partition coefficient (Wildman–Crippen LogP) is 4.60. The Balaban J connectivity index is 2.06. The Labute approximate surface area is 262 Å². The topological polar surface area (TPSA) is 152 Å². The van der Waals surface area contributed by atoms with Gasteiger partial charge in [-0.05, 0) is 76.6 Å². The Morgan fingerprint density at radius 1 is 1.00 bits per heavy atom. The third-order valence-electron chi connectivity index (χ3n) is 6.53. The number of hydrogen-bond acceptors (Lipinski definition) is 9. The highest BCUT2D eigenvalue weighted by Gasteiger charge is 2.56. The molecule has 3 aromatic rings. The molecule has 3 rings (SSSR count). The smallest absolute Gasteiger partial charge is 0.424 e. The molecule has 0 saturated carbocycles. The Hall–Kier alpha value is -4.50. The van der Waals surface area contributed by atoms with Gasteiger partial charge in [0.1, 0.15) is 18.0 Å². The summed E-state index contributed by atoms with van der Waals surface area (Å²) in [6.07, 6.45) is -5.20. The minimum atomic E-state index is -5.37. The second-order valence-corrected chi connectivity index (χ2v) is 11.7. The van der Waals surface area contributed by atoms with Crippen LogP contribution in [0.1, 0.15) is 56.2 Å². The van der Waals surface area contributed by atoms with Crippen molar-refractivity contribution in [1.29, 1.82) is 0 Å².